The van der Waals surface area contributed by atoms with Crippen molar-refractivity contribution in [2.75, 3.05) is 6.61 Å². The van der Waals surface area contributed by atoms with Gasteiger partial charge >= 0.3 is 0 Å². The molecule has 0 unspecified atom stereocenters. The van der Waals surface area contributed by atoms with Gasteiger partial charge in [0.1, 0.15) is 5.75 Å². The molecular formula is C33H32BrClN4O2. The summed E-state index contributed by atoms with van der Waals surface area (Å²) in [6.45, 7) is 12.9. The molecule has 0 amide bonds. The maximum absolute atomic E-state index is 13.9. The largest absolute Gasteiger partial charge is 0.494 e. The number of aryl methyl sites for hydroxylation is 2. The minimum atomic E-state index is -0.227. The van der Waals surface area contributed by atoms with Crippen LogP contribution in [0.3, 0.4) is 0 Å². The van der Waals surface area contributed by atoms with Gasteiger partial charge in [0.05, 0.1) is 28.7 Å². The van der Waals surface area contributed by atoms with Gasteiger partial charge in [-0.1, -0.05) is 37.6 Å². The highest BCUT2D eigenvalue weighted by molar-refractivity contribution is 9.10. The number of hydrogen-bond donors (Lipinski definition) is 0. The predicted molar refractivity (Wildman–Crippen MR) is 172 cm³/mol. The van der Waals surface area contributed by atoms with Crippen LogP contribution < -0.4 is 10.3 Å². The number of fused-ring (bicyclic) bond motifs is 1. The van der Waals surface area contributed by atoms with Crippen molar-refractivity contribution < 1.29 is 4.74 Å². The minimum absolute atomic E-state index is 0.220. The molecule has 0 aliphatic heterocycles. The maximum atomic E-state index is 13.9. The number of nitrogens with zero attached hydrogens (tertiary/aromatic N) is 4. The molecule has 3 aromatic carbocycles. The van der Waals surface area contributed by atoms with Gasteiger partial charge in [0.15, 0.2) is 5.82 Å². The minimum Gasteiger partial charge on any atom is -0.494 e. The standard InChI is InChI=1S/C33H32BrClN4O2/c1-7-41-31-14-20(4)27(17-26(31)19(2)3)32-37-30-11-9-8-10-25(30)33(40)39(32)36-18-23-15-21(5)38(22(23)6)24-12-13-28(34)29(35)16-24/h8-19H,7H2,1-6H3. The lowest BCUT2D eigenvalue weighted by molar-refractivity contribution is 0.335. The molecule has 2 aromatic heterocycles. The van der Waals surface area contributed by atoms with E-state index in [1.807, 2.05) is 76.2 Å². The monoisotopic (exact) mass is 630 g/mol. The van der Waals surface area contributed by atoms with E-state index in [-0.39, 0.29) is 11.5 Å². The van der Waals surface area contributed by atoms with Crippen LogP contribution >= 0.6 is 27.5 Å². The first-order valence-electron chi connectivity index (χ1n) is 13.6. The normalized spacial score (nSPS) is 11.7. The first-order valence-corrected chi connectivity index (χ1v) is 14.8. The molecule has 0 radical (unpaired) electrons. The molecule has 41 heavy (non-hydrogen) atoms. The number of aromatic nitrogens is 3. The number of ether oxygens (including phenoxy) is 1. The molecule has 0 aliphatic carbocycles. The highest BCUT2D eigenvalue weighted by Gasteiger charge is 2.19. The van der Waals surface area contributed by atoms with E-state index < -0.39 is 0 Å². The first-order chi connectivity index (χ1) is 19.6. The van der Waals surface area contributed by atoms with Crippen molar-refractivity contribution in [1.82, 2.24) is 14.2 Å². The highest BCUT2D eigenvalue weighted by Crippen LogP contribution is 2.34. The third-order valence-electron chi connectivity index (χ3n) is 7.22. The third kappa shape index (κ3) is 5.48. The summed E-state index contributed by atoms with van der Waals surface area (Å²) in [5.41, 5.74) is 7.09. The Morgan fingerprint density at radius 1 is 1.07 bits per heavy atom. The van der Waals surface area contributed by atoms with E-state index in [0.29, 0.717) is 28.4 Å². The Hall–Kier alpha value is -3.68. The van der Waals surface area contributed by atoms with E-state index in [2.05, 4.69) is 40.4 Å². The van der Waals surface area contributed by atoms with Crippen LogP contribution in [0.4, 0.5) is 0 Å². The van der Waals surface area contributed by atoms with E-state index in [9.17, 15) is 4.79 Å². The first kappa shape index (κ1) is 28.8. The van der Waals surface area contributed by atoms with Gasteiger partial charge in [0.2, 0.25) is 0 Å². The van der Waals surface area contributed by atoms with Crippen molar-refractivity contribution in [3.8, 4) is 22.8 Å². The Balaban J connectivity index is 1.69. The van der Waals surface area contributed by atoms with Crippen LogP contribution in [0, 0.1) is 20.8 Å². The number of halogens is 2. The zero-order valence-corrected chi connectivity index (χ0v) is 26.3. The van der Waals surface area contributed by atoms with Crippen molar-refractivity contribution in [3.63, 3.8) is 0 Å². The summed E-state index contributed by atoms with van der Waals surface area (Å²) in [6.07, 6.45) is 1.73. The topological polar surface area (TPSA) is 61.4 Å². The molecular weight excluding hydrogens is 600 g/mol. The second-order valence-corrected chi connectivity index (χ2v) is 11.6. The molecule has 8 heteroatoms. The fraction of sp³-hybridized carbons (Fsp3) is 0.242. The van der Waals surface area contributed by atoms with Crippen molar-refractivity contribution >= 4 is 44.6 Å². The van der Waals surface area contributed by atoms with Gasteiger partial charge in [-0.15, -0.1) is 0 Å². The Bertz CT molecular complexity index is 1870. The van der Waals surface area contributed by atoms with E-state index in [4.69, 9.17) is 26.4 Å². The van der Waals surface area contributed by atoms with Crippen LogP contribution in [0.25, 0.3) is 28.0 Å². The quantitative estimate of drug-likeness (QED) is 0.169. The lowest BCUT2D eigenvalue weighted by Crippen LogP contribution is -2.21. The number of rotatable bonds is 7. The Kier molecular flexibility index (Phi) is 8.20. The molecule has 0 N–H and O–H groups in total. The molecule has 0 fully saturated rings. The van der Waals surface area contributed by atoms with E-state index in [1.165, 1.54) is 4.68 Å². The van der Waals surface area contributed by atoms with E-state index >= 15 is 0 Å². The molecule has 0 saturated carbocycles. The Morgan fingerprint density at radius 2 is 1.83 bits per heavy atom. The summed E-state index contributed by atoms with van der Waals surface area (Å²) in [5.74, 6) is 1.56. The molecule has 210 valence electrons. The number of para-hydroxylation sites is 1. The maximum Gasteiger partial charge on any atom is 0.282 e. The van der Waals surface area contributed by atoms with Gasteiger partial charge in [-0.05, 0) is 109 Å². The van der Waals surface area contributed by atoms with Crippen molar-refractivity contribution in [2.45, 2.75) is 47.5 Å². The van der Waals surface area contributed by atoms with Crippen molar-refractivity contribution in [3.05, 3.63) is 109 Å². The lowest BCUT2D eigenvalue weighted by atomic mass is 9.96. The SMILES string of the molecule is CCOc1cc(C)c(-c2nc3ccccc3c(=O)n2N=Cc2cc(C)n(-c3ccc(Br)c(Cl)c3)c2C)cc1C(C)C. The molecule has 6 nitrogen and oxygen atoms in total. The number of benzene rings is 3. The number of hydrogen-bond acceptors (Lipinski definition) is 4. The highest BCUT2D eigenvalue weighted by atomic mass is 79.9. The summed E-state index contributed by atoms with van der Waals surface area (Å²) in [5, 5.41) is 5.90. The molecule has 0 atom stereocenters. The van der Waals surface area contributed by atoms with E-state index in [0.717, 1.165) is 49.6 Å². The van der Waals surface area contributed by atoms with Gasteiger partial charge in [-0.3, -0.25) is 4.79 Å². The summed E-state index contributed by atoms with van der Waals surface area (Å²) in [4.78, 5) is 18.8. The fourth-order valence-corrected chi connectivity index (χ4v) is 5.56. The Morgan fingerprint density at radius 3 is 2.54 bits per heavy atom. The van der Waals surface area contributed by atoms with Crippen LogP contribution in [0.15, 0.2) is 75.0 Å². The molecule has 5 aromatic rings. The van der Waals surface area contributed by atoms with Crippen molar-refractivity contribution in [2.24, 2.45) is 5.10 Å². The molecule has 2 heterocycles. The molecule has 0 saturated heterocycles. The zero-order chi connectivity index (χ0) is 29.4. The average Bonchev–Trinajstić information content (AvgIpc) is 3.22. The zero-order valence-electron chi connectivity index (χ0n) is 24.0. The van der Waals surface area contributed by atoms with Gasteiger partial charge in [-0.2, -0.15) is 9.78 Å². The smallest absolute Gasteiger partial charge is 0.282 e. The fourth-order valence-electron chi connectivity index (χ4n) is 5.14. The molecule has 0 aliphatic rings. The van der Waals surface area contributed by atoms with Crippen molar-refractivity contribution in [1.29, 1.82) is 0 Å². The van der Waals surface area contributed by atoms with E-state index in [1.54, 1.807) is 12.3 Å². The van der Waals surface area contributed by atoms with Gasteiger partial charge in [0, 0.05) is 32.7 Å². The third-order valence-corrected chi connectivity index (χ3v) is 8.45. The summed E-state index contributed by atoms with van der Waals surface area (Å²) in [7, 11) is 0. The predicted octanol–water partition coefficient (Wildman–Crippen LogP) is 8.60. The lowest BCUT2D eigenvalue weighted by Gasteiger charge is -2.18. The van der Waals surface area contributed by atoms with Gasteiger partial charge < -0.3 is 9.30 Å². The summed E-state index contributed by atoms with van der Waals surface area (Å²) in [6, 6.07) is 19.4. The summed E-state index contributed by atoms with van der Waals surface area (Å²) < 4.78 is 10.3. The van der Waals surface area contributed by atoms with Crippen LogP contribution in [-0.4, -0.2) is 27.0 Å². The second kappa shape index (κ2) is 11.7. The van der Waals surface area contributed by atoms with Gasteiger partial charge in [-0.25, -0.2) is 4.98 Å². The summed E-state index contributed by atoms with van der Waals surface area (Å²) >= 11 is 9.85. The molecule has 0 bridgehead atoms. The van der Waals surface area contributed by atoms with Crippen LogP contribution in [0.1, 0.15) is 54.8 Å². The molecule has 0 spiro atoms. The second-order valence-electron chi connectivity index (χ2n) is 10.4. The van der Waals surface area contributed by atoms with Crippen LogP contribution in [-0.2, 0) is 0 Å². The Labute approximate surface area is 253 Å². The molecule has 5 rings (SSSR count). The van der Waals surface area contributed by atoms with Gasteiger partial charge in [0.25, 0.3) is 5.56 Å². The van der Waals surface area contributed by atoms with Crippen LogP contribution in [0.2, 0.25) is 5.02 Å². The van der Waals surface area contributed by atoms with Crippen LogP contribution in [0.5, 0.6) is 5.75 Å². The average molecular weight is 632 g/mol.